The lowest BCUT2D eigenvalue weighted by Gasteiger charge is -2.41. The molecular weight excluding hydrogens is 278 g/mol. The fourth-order valence-electron chi connectivity index (χ4n) is 2.76. The van der Waals surface area contributed by atoms with Gasteiger partial charge >= 0.3 is 0 Å². The first-order valence-corrected chi connectivity index (χ1v) is 8.53. The lowest BCUT2D eigenvalue weighted by Crippen LogP contribution is -2.51. The van der Waals surface area contributed by atoms with Crippen molar-refractivity contribution in [1.29, 1.82) is 0 Å². The van der Waals surface area contributed by atoms with Gasteiger partial charge in [0.15, 0.2) is 0 Å². The molecule has 106 valence electrons. The highest BCUT2D eigenvalue weighted by atomic mass is 35.5. The van der Waals surface area contributed by atoms with E-state index in [2.05, 4.69) is 13.8 Å². The quantitative estimate of drug-likeness (QED) is 0.928. The SMILES string of the molecule is CC1(C)CCCC(S(=O)Cc2ccc(Cl)cc2)C1N. The molecule has 1 aliphatic rings. The summed E-state index contributed by atoms with van der Waals surface area (Å²) in [5.41, 5.74) is 7.48. The average molecular weight is 300 g/mol. The summed E-state index contributed by atoms with van der Waals surface area (Å²) >= 11 is 5.86. The number of hydrogen-bond donors (Lipinski definition) is 1. The van der Waals surface area contributed by atoms with Gasteiger partial charge in [-0.2, -0.15) is 0 Å². The molecule has 0 saturated heterocycles. The Morgan fingerprint density at radius 2 is 2.00 bits per heavy atom. The molecule has 19 heavy (non-hydrogen) atoms. The summed E-state index contributed by atoms with van der Waals surface area (Å²) < 4.78 is 12.5. The molecule has 0 amide bonds. The number of rotatable bonds is 3. The Morgan fingerprint density at radius 3 is 2.63 bits per heavy atom. The van der Waals surface area contributed by atoms with Gasteiger partial charge in [0, 0.05) is 27.6 Å². The van der Waals surface area contributed by atoms with Crippen molar-refractivity contribution in [1.82, 2.24) is 0 Å². The summed E-state index contributed by atoms with van der Waals surface area (Å²) in [6.07, 6.45) is 3.23. The zero-order valence-electron chi connectivity index (χ0n) is 11.6. The van der Waals surface area contributed by atoms with E-state index in [4.69, 9.17) is 17.3 Å². The highest BCUT2D eigenvalue weighted by Crippen LogP contribution is 2.37. The van der Waals surface area contributed by atoms with Crippen molar-refractivity contribution in [3.05, 3.63) is 34.9 Å². The number of halogens is 1. The van der Waals surface area contributed by atoms with Gasteiger partial charge < -0.3 is 5.73 Å². The highest BCUT2D eigenvalue weighted by Gasteiger charge is 2.39. The van der Waals surface area contributed by atoms with E-state index >= 15 is 0 Å². The molecule has 0 radical (unpaired) electrons. The predicted octanol–water partition coefficient (Wildman–Crippen LogP) is 3.49. The Kier molecular flexibility index (Phi) is 4.70. The Morgan fingerprint density at radius 1 is 1.37 bits per heavy atom. The molecule has 0 aromatic heterocycles. The minimum absolute atomic E-state index is 0.0226. The molecular formula is C15H22ClNOS. The second kappa shape index (κ2) is 5.94. The van der Waals surface area contributed by atoms with Crippen LogP contribution in [-0.4, -0.2) is 15.5 Å². The molecule has 2 rings (SSSR count). The van der Waals surface area contributed by atoms with Crippen LogP contribution in [0, 0.1) is 5.41 Å². The second-order valence-corrected chi connectivity index (χ2v) is 8.19. The topological polar surface area (TPSA) is 43.1 Å². The van der Waals surface area contributed by atoms with Crippen LogP contribution in [0.2, 0.25) is 5.02 Å². The van der Waals surface area contributed by atoms with Crippen LogP contribution in [0.4, 0.5) is 0 Å². The van der Waals surface area contributed by atoms with E-state index in [0.717, 1.165) is 24.8 Å². The van der Waals surface area contributed by atoms with E-state index in [-0.39, 0.29) is 16.7 Å². The fourth-order valence-corrected chi connectivity index (χ4v) is 4.74. The molecule has 3 unspecified atom stereocenters. The first-order valence-electron chi connectivity index (χ1n) is 6.77. The first-order chi connectivity index (χ1) is 8.90. The molecule has 0 bridgehead atoms. The number of nitrogens with two attached hydrogens (primary N) is 1. The van der Waals surface area contributed by atoms with Crippen molar-refractivity contribution < 1.29 is 4.21 Å². The minimum Gasteiger partial charge on any atom is -0.326 e. The summed E-state index contributed by atoms with van der Waals surface area (Å²) in [4.78, 5) is 0. The monoisotopic (exact) mass is 299 g/mol. The van der Waals surface area contributed by atoms with Crippen LogP contribution in [0.3, 0.4) is 0 Å². The zero-order chi connectivity index (χ0) is 14.0. The summed E-state index contributed by atoms with van der Waals surface area (Å²) in [6.45, 7) is 4.37. The maximum Gasteiger partial charge on any atom is 0.0507 e. The molecule has 1 aromatic rings. The Labute approximate surface area is 123 Å². The molecule has 4 heteroatoms. The Bertz CT molecular complexity index is 458. The van der Waals surface area contributed by atoms with Crippen molar-refractivity contribution in [2.45, 2.75) is 50.2 Å². The number of hydrogen-bond acceptors (Lipinski definition) is 2. The van der Waals surface area contributed by atoms with Gasteiger partial charge in [-0.15, -0.1) is 0 Å². The Hall–Kier alpha value is -0.380. The molecule has 0 heterocycles. The van der Waals surface area contributed by atoms with E-state index < -0.39 is 10.8 Å². The van der Waals surface area contributed by atoms with Crippen LogP contribution in [0.15, 0.2) is 24.3 Å². The van der Waals surface area contributed by atoms with E-state index in [1.165, 1.54) is 0 Å². The lowest BCUT2D eigenvalue weighted by atomic mass is 9.73. The van der Waals surface area contributed by atoms with Gasteiger partial charge in [0.1, 0.15) is 0 Å². The van der Waals surface area contributed by atoms with Gasteiger partial charge in [0.05, 0.1) is 5.25 Å². The molecule has 1 aromatic carbocycles. The van der Waals surface area contributed by atoms with Gasteiger partial charge in [0.25, 0.3) is 0 Å². The van der Waals surface area contributed by atoms with Crippen LogP contribution >= 0.6 is 11.6 Å². The summed E-state index contributed by atoms with van der Waals surface area (Å²) in [7, 11) is -0.909. The van der Waals surface area contributed by atoms with Gasteiger partial charge in [-0.3, -0.25) is 4.21 Å². The molecule has 2 nitrogen and oxygen atoms in total. The molecule has 3 atom stereocenters. The Balaban J connectivity index is 2.05. The van der Waals surface area contributed by atoms with Crippen LogP contribution in [0.25, 0.3) is 0 Å². The molecule has 2 N–H and O–H groups in total. The summed E-state index contributed by atoms with van der Waals surface area (Å²) in [5, 5.41) is 0.824. The van der Waals surface area contributed by atoms with Crippen LogP contribution in [0.5, 0.6) is 0 Å². The minimum atomic E-state index is -0.909. The van der Waals surface area contributed by atoms with Crippen LogP contribution < -0.4 is 5.73 Å². The number of benzene rings is 1. The van der Waals surface area contributed by atoms with Crippen molar-refractivity contribution in [3.8, 4) is 0 Å². The van der Waals surface area contributed by atoms with Crippen molar-refractivity contribution in [2.75, 3.05) is 0 Å². The van der Waals surface area contributed by atoms with Crippen molar-refractivity contribution >= 4 is 22.4 Å². The van der Waals surface area contributed by atoms with Gasteiger partial charge in [-0.05, 0) is 36.0 Å². The van der Waals surface area contributed by atoms with E-state index in [1.807, 2.05) is 24.3 Å². The summed E-state index contributed by atoms with van der Waals surface area (Å²) in [5.74, 6) is 0.575. The normalized spacial score (nSPS) is 28.0. The molecule has 1 aliphatic carbocycles. The van der Waals surface area contributed by atoms with E-state index in [1.54, 1.807) is 0 Å². The highest BCUT2D eigenvalue weighted by molar-refractivity contribution is 7.84. The smallest absolute Gasteiger partial charge is 0.0507 e. The average Bonchev–Trinajstić information content (AvgIpc) is 2.35. The molecule has 1 saturated carbocycles. The third-order valence-electron chi connectivity index (χ3n) is 4.17. The largest absolute Gasteiger partial charge is 0.326 e. The van der Waals surface area contributed by atoms with Crippen molar-refractivity contribution in [2.24, 2.45) is 11.1 Å². The maximum atomic E-state index is 12.5. The van der Waals surface area contributed by atoms with Gasteiger partial charge in [-0.25, -0.2) is 0 Å². The third-order valence-corrected chi connectivity index (χ3v) is 6.25. The van der Waals surface area contributed by atoms with E-state index in [0.29, 0.717) is 10.8 Å². The predicted molar refractivity (Wildman–Crippen MR) is 82.7 cm³/mol. The third kappa shape index (κ3) is 3.59. The van der Waals surface area contributed by atoms with E-state index in [9.17, 15) is 4.21 Å². The van der Waals surface area contributed by atoms with Gasteiger partial charge in [0.2, 0.25) is 0 Å². The second-order valence-electron chi connectivity index (χ2n) is 6.10. The molecule has 1 fully saturated rings. The summed E-state index contributed by atoms with van der Waals surface area (Å²) in [6, 6.07) is 7.60. The van der Waals surface area contributed by atoms with Crippen molar-refractivity contribution in [3.63, 3.8) is 0 Å². The lowest BCUT2D eigenvalue weighted by molar-refractivity contribution is 0.206. The molecule has 0 spiro atoms. The standard InChI is InChI=1S/C15H22ClNOS/c1-15(2)9-3-4-13(14(15)17)19(18)10-11-5-7-12(16)8-6-11/h5-8,13-14H,3-4,9-10,17H2,1-2H3. The van der Waals surface area contributed by atoms with Crippen LogP contribution in [0.1, 0.15) is 38.7 Å². The van der Waals surface area contributed by atoms with Crippen LogP contribution in [-0.2, 0) is 16.6 Å². The van der Waals surface area contributed by atoms with Gasteiger partial charge in [-0.1, -0.05) is 44.0 Å². The maximum absolute atomic E-state index is 12.5. The fraction of sp³-hybridized carbons (Fsp3) is 0.600. The molecule has 0 aliphatic heterocycles. The zero-order valence-corrected chi connectivity index (χ0v) is 13.1. The first kappa shape index (κ1) is 15.0.